The molecule has 0 amide bonds. The molecule has 0 fully saturated rings. The predicted octanol–water partition coefficient (Wildman–Crippen LogP) is 4.43. The van der Waals surface area contributed by atoms with Crippen molar-refractivity contribution in [2.24, 2.45) is 0 Å². The molecule has 33 heavy (non-hydrogen) atoms. The number of nitriles is 1. The van der Waals surface area contributed by atoms with E-state index in [2.05, 4.69) is 37.1 Å². The highest BCUT2D eigenvalue weighted by Crippen LogP contribution is 2.39. The van der Waals surface area contributed by atoms with E-state index in [9.17, 15) is 10.2 Å². The van der Waals surface area contributed by atoms with E-state index in [1.54, 1.807) is 7.11 Å². The summed E-state index contributed by atoms with van der Waals surface area (Å²) in [6.07, 6.45) is 7.01. The third kappa shape index (κ3) is 6.35. The Labute approximate surface area is 198 Å². The lowest BCUT2D eigenvalue weighted by atomic mass is 9.76. The number of hydrogen-bond acceptors (Lipinski definition) is 5. The zero-order chi connectivity index (χ0) is 23.8. The van der Waals surface area contributed by atoms with E-state index >= 15 is 0 Å². The number of likely N-dealkylation sites (N-methyl/N-ethyl adjacent to an activating group) is 1. The lowest BCUT2D eigenvalue weighted by Gasteiger charge is -2.34. The van der Waals surface area contributed by atoms with Crippen molar-refractivity contribution in [1.29, 1.82) is 5.26 Å². The predicted molar refractivity (Wildman–Crippen MR) is 131 cm³/mol. The molecule has 0 heterocycles. The van der Waals surface area contributed by atoms with Crippen molar-refractivity contribution in [3.05, 3.63) is 63.2 Å². The van der Waals surface area contributed by atoms with Gasteiger partial charge in [0.05, 0.1) is 32.8 Å². The molecule has 2 aromatic carbocycles. The molecule has 1 atom stereocenters. The molecule has 2 N–H and O–H groups in total. The highest BCUT2D eigenvalue weighted by Gasteiger charge is 2.28. The molecule has 0 bridgehead atoms. The first-order valence-electron chi connectivity index (χ1n) is 12.1. The van der Waals surface area contributed by atoms with E-state index in [1.165, 1.54) is 36.0 Å². The monoisotopic (exact) mass is 450 g/mol. The molecule has 1 aliphatic rings. The van der Waals surface area contributed by atoms with Gasteiger partial charge >= 0.3 is 0 Å². The standard InChI is InChI=1S/C28H38N2O3/c1-20-12-23-15-24(27(23)16-28(20)33-3)17-30(2)11-7-5-4-6-8-21-13-25(18-31)26(19-32)14-22(21)9-10-29/h12-14,16,24,31-32H,4-9,11,15,17-19H2,1-3H3/t24-/m1/s1. The summed E-state index contributed by atoms with van der Waals surface area (Å²) in [6.45, 7) is 4.12. The number of fused-ring (bicyclic) bond motifs is 1. The van der Waals surface area contributed by atoms with Crippen molar-refractivity contribution in [2.75, 3.05) is 27.2 Å². The molecule has 3 rings (SSSR count). The lowest BCUT2D eigenvalue weighted by molar-refractivity contribution is 0.259. The van der Waals surface area contributed by atoms with Crippen LogP contribution in [0.1, 0.15) is 70.5 Å². The van der Waals surface area contributed by atoms with Gasteiger partial charge in [-0.2, -0.15) is 5.26 Å². The highest BCUT2D eigenvalue weighted by molar-refractivity contribution is 5.49. The highest BCUT2D eigenvalue weighted by atomic mass is 16.5. The molecule has 1 aliphatic carbocycles. The topological polar surface area (TPSA) is 76.7 Å². The van der Waals surface area contributed by atoms with Crippen LogP contribution in [0.25, 0.3) is 0 Å². The molecule has 0 saturated carbocycles. The van der Waals surface area contributed by atoms with Gasteiger partial charge in [0, 0.05) is 12.5 Å². The Morgan fingerprint density at radius 3 is 2.36 bits per heavy atom. The number of methoxy groups -OCH3 is 1. The minimum atomic E-state index is -0.109. The van der Waals surface area contributed by atoms with Gasteiger partial charge in [-0.1, -0.05) is 31.0 Å². The summed E-state index contributed by atoms with van der Waals surface area (Å²) in [4.78, 5) is 2.45. The Kier molecular flexibility index (Phi) is 9.31. The van der Waals surface area contributed by atoms with Crippen molar-refractivity contribution in [3.8, 4) is 11.8 Å². The van der Waals surface area contributed by atoms with Crippen LogP contribution in [0.2, 0.25) is 0 Å². The molecule has 5 heteroatoms. The van der Waals surface area contributed by atoms with Gasteiger partial charge in [-0.3, -0.25) is 0 Å². The van der Waals surface area contributed by atoms with Crippen LogP contribution < -0.4 is 4.74 Å². The van der Waals surface area contributed by atoms with Gasteiger partial charge in [0.1, 0.15) is 5.75 Å². The van der Waals surface area contributed by atoms with Crippen molar-refractivity contribution in [3.63, 3.8) is 0 Å². The molecule has 2 aromatic rings. The number of rotatable bonds is 13. The smallest absolute Gasteiger partial charge is 0.122 e. The van der Waals surface area contributed by atoms with Crippen molar-refractivity contribution in [1.82, 2.24) is 4.90 Å². The third-order valence-electron chi connectivity index (χ3n) is 6.96. The van der Waals surface area contributed by atoms with Crippen LogP contribution in [0, 0.1) is 18.3 Å². The Hall–Kier alpha value is -2.39. The van der Waals surface area contributed by atoms with Crippen molar-refractivity contribution >= 4 is 0 Å². The van der Waals surface area contributed by atoms with Crippen LogP contribution in [0.15, 0.2) is 24.3 Å². The zero-order valence-corrected chi connectivity index (χ0v) is 20.4. The van der Waals surface area contributed by atoms with Crippen LogP contribution in [-0.4, -0.2) is 42.4 Å². The van der Waals surface area contributed by atoms with Crippen molar-refractivity contribution in [2.45, 2.75) is 71.0 Å². The second-order valence-corrected chi connectivity index (χ2v) is 9.39. The SMILES string of the molecule is COc1cc2c(cc1C)C[C@@H]2CN(C)CCCCCCc1cc(CO)c(CO)cc1CC#N. The zero-order valence-electron chi connectivity index (χ0n) is 20.4. The number of unbranched alkanes of at least 4 members (excludes halogenated alkanes) is 3. The number of aliphatic hydroxyl groups excluding tert-OH is 2. The number of aliphatic hydroxyl groups is 2. The summed E-state index contributed by atoms with van der Waals surface area (Å²) in [6, 6.07) is 10.6. The van der Waals surface area contributed by atoms with Gasteiger partial charge in [-0.15, -0.1) is 0 Å². The summed E-state index contributed by atoms with van der Waals surface area (Å²) < 4.78 is 5.49. The normalized spacial score (nSPS) is 14.6. The number of nitrogens with zero attached hydrogens (tertiary/aromatic N) is 2. The van der Waals surface area contributed by atoms with Gasteiger partial charge in [-0.25, -0.2) is 0 Å². The molecule has 0 unspecified atom stereocenters. The largest absolute Gasteiger partial charge is 0.496 e. The van der Waals surface area contributed by atoms with E-state index in [-0.39, 0.29) is 13.2 Å². The molecule has 0 aliphatic heterocycles. The Balaban J connectivity index is 1.39. The molecular formula is C28H38N2O3. The maximum Gasteiger partial charge on any atom is 0.122 e. The Morgan fingerprint density at radius 2 is 1.70 bits per heavy atom. The average molecular weight is 451 g/mol. The van der Waals surface area contributed by atoms with Crippen LogP contribution in [-0.2, 0) is 32.5 Å². The van der Waals surface area contributed by atoms with Crippen molar-refractivity contribution < 1.29 is 14.9 Å². The maximum atomic E-state index is 9.58. The van der Waals surface area contributed by atoms with E-state index in [0.29, 0.717) is 12.3 Å². The number of benzene rings is 2. The van der Waals surface area contributed by atoms with Gasteiger partial charge in [-0.05, 0) is 91.2 Å². The minimum absolute atomic E-state index is 0.0834. The molecule has 0 aromatic heterocycles. The molecular weight excluding hydrogens is 412 g/mol. The molecule has 0 saturated heterocycles. The van der Waals surface area contributed by atoms with Gasteiger partial charge in [0.2, 0.25) is 0 Å². The van der Waals surface area contributed by atoms with Gasteiger partial charge < -0.3 is 19.8 Å². The fraction of sp³-hybridized carbons (Fsp3) is 0.536. The van der Waals surface area contributed by atoms with Gasteiger partial charge in [0.25, 0.3) is 0 Å². The molecule has 5 nitrogen and oxygen atoms in total. The summed E-state index contributed by atoms with van der Waals surface area (Å²) in [5.41, 5.74) is 7.74. The molecule has 178 valence electrons. The summed E-state index contributed by atoms with van der Waals surface area (Å²) >= 11 is 0. The van der Waals surface area contributed by atoms with Crippen LogP contribution in [0.3, 0.4) is 0 Å². The minimum Gasteiger partial charge on any atom is -0.496 e. The number of ether oxygens (including phenoxy) is 1. The van der Waals surface area contributed by atoms with Crippen LogP contribution in [0.4, 0.5) is 0 Å². The first kappa shape index (κ1) is 25.2. The molecule has 0 radical (unpaired) electrons. The fourth-order valence-electron chi connectivity index (χ4n) is 5.03. The Morgan fingerprint density at radius 1 is 1.00 bits per heavy atom. The number of aryl methyl sites for hydroxylation is 2. The Bertz CT molecular complexity index is 980. The first-order chi connectivity index (χ1) is 16.0. The van der Waals surface area contributed by atoms with E-state index < -0.39 is 0 Å². The summed E-state index contributed by atoms with van der Waals surface area (Å²) in [5, 5.41) is 28.2. The third-order valence-corrected chi connectivity index (χ3v) is 6.96. The first-order valence-corrected chi connectivity index (χ1v) is 12.1. The summed E-state index contributed by atoms with van der Waals surface area (Å²) in [5.74, 6) is 1.61. The molecule has 0 spiro atoms. The quantitative estimate of drug-likeness (QED) is 0.442. The fourth-order valence-corrected chi connectivity index (χ4v) is 5.03. The van der Waals surface area contributed by atoms with Gasteiger partial charge in [0.15, 0.2) is 0 Å². The second-order valence-electron chi connectivity index (χ2n) is 9.39. The van der Waals surface area contributed by atoms with E-state index in [4.69, 9.17) is 10.00 Å². The van der Waals surface area contributed by atoms with E-state index in [1.807, 2.05) is 12.1 Å². The second kappa shape index (κ2) is 12.2. The lowest BCUT2D eigenvalue weighted by Crippen LogP contribution is -2.31. The van der Waals surface area contributed by atoms with E-state index in [0.717, 1.165) is 60.4 Å². The summed E-state index contributed by atoms with van der Waals surface area (Å²) in [7, 11) is 3.96. The number of hydrogen-bond donors (Lipinski definition) is 2. The average Bonchev–Trinajstić information content (AvgIpc) is 2.80. The van der Waals surface area contributed by atoms with Crippen LogP contribution in [0.5, 0.6) is 5.75 Å². The maximum absolute atomic E-state index is 9.58. The van der Waals surface area contributed by atoms with Crippen LogP contribution >= 0.6 is 0 Å².